The Morgan fingerprint density at radius 2 is 2.28 bits per heavy atom. The smallest absolute Gasteiger partial charge is 0.165 e. The van der Waals surface area contributed by atoms with E-state index in [0.29, 0.717) is 31.7 Å². The minimum atomic E-state index is -0.345. The summed E-state index contributed by atoms with van der Waals surface area (Å²) in [5, 5.41) is 11.6. The normalized spacial score (nSPS) is 10.1. The van der Waals surface area contributed by atoms with E-state index in [9.17, 15) is 4.39 Å². The molecule has 0 saturated carbocycles. The maximum atomic E-state index is 13.7. The molecule has 0 aliphatic carbocycles. The average Bonchev–Trinajstić information content (AvgIpc) is 2.37. The Bertz CT molecular complexity index is 401. The summed E-state index contributed by atoms with van der Waals surface area (Å²) >= 11 is 0. The summed E-state index contributed by atoms with van der Waals surface area (Å²) < 4.78 is 19.1. The van der Waals surface area contributed by atoms with Crippen molar-refractivity contribution in [2.45, 2.75) is 32.7 Å². The third-order valence-electron chi connectivity index (χ3n) is 2.47. The van der Waals surface area contributed by atoms with Gasteiger partial charge in [-0.25, -0.2) is 4.39 Å². The lowest BCUT2D eigenvalue weighted by Crippen LogP contribution is -2.15. The van der Waals surface area contributed by atoms with Gasteiger partial charge in [0.15, 0.2) is 11.6 Å². The molecule has 0 aliphatic heterocycles. The third kappa shape index (κ3) is 4.72. The van der Waals surface area contributed by atoms with Crippen LogP contribution in [0.5, 0.6) is 5.75 Å². The van der Waals surface area contributed by atoms with Gasteiger partial charge in [0.05, 0.1) is 12.7 Å². The molecule has 1 aromatic carbocycles. The van der Waals surface area contributed by atoms with Gasteiger partial charge in [-0.2, -0.15) is 5.26 Å². The van der Waals surface area contributed by atoms with Crippen molar-refractivity contribution < 1.29 is 9.13 Å². The van der Waals surface area contributed by atoms with E-state index in [1.165, 1.54) is 6.07 Å². The molecule has 0 bridgehead atoms. The zero-order valence-electron chi connectivity index (χ0n) is 10.7. The second-order valence-corrected chi connectivity index (χ2v) is 4.01. The molecule has 1 rings (SSSR count). The largest absolute Gasteiger partial charge is 0.490 e. The standard InChI is InChI=1S/C14H19FN2O/c1-2-9-17-11-12-6-5-7-13(15)14(12)18-10-4-3-8-16/h5-7,17H,2-4,9-11H2,1H3. The zero-order valence-corrected chi connectivity index (χ0v) is 10.7. The Labute approximate surface area is 108 Å². The molecule has 18 heavy (non-hydrogen) atoms. The van der Waals surface area contributed by atoms with Crippen LogP contribution >= 0.6 is 0 Å². The number of para-hydroxylation sites is 1. The van der Waals surface area contributed by atoms with Gasteiger partial charge in [-0.05, 0) is 25.5 Å². The molecule has 0 saturated heterocycles. The van der Waals surface area contributed by atoms with E-state index in [4.69, 9.17) is 10.00 Å². The first-order valence-electron chi connectivity index (χ1n) is 6.27. The van der Waals surface area contributed by atoms with Crippen LogP contribution in [0.15, 0.2) is 18.2 Å². The van der Waals surface area contributed by atoms with Gasteiger partial charge in [0.1, 0.15) is 0 Å². The first-order valence-corrected chi connectivity index (χ1v) is 6.27. The van der Waals surface area contributed by atoms with Crippen LogP contribution in [0.3, 0.4) is 0 Å². The number of nitrogens with one attached hydrogen (secondary N) is 1. The van der Waals surface area contributed by atoms with Crippen LogP contribution in [0.1, 0.15) is 31.7 Å². The van der Waals surface area contributed by atoms with Crippen molar-refractivity contribution in [1.29, 1.82) is 5.26 Å². The third-order valence-corrected chi connectivity index (χ3v) is 2.47. The average molecular weight is 250 g/mol. The van der Waals surface area contributed by atoms with Crippen LogP contribution in [0, 0.1) is 17.1 Å². The Hall–Kier alpha value is -1.60. The summed E-state index contributed by atoms with van der Waals surface area (Å²) in [4.78, 5) is 0. The number of nitrogens with zero attached hydrogens (tertiary/aromatic N) is 1. The van der Waals surface area contributed by atoms with Gasteiger partial charge in [0.2, 0.25) is 0 Å². The molecule has 0 spiro atoms. The Balaban J connectivity index is 2.59. The van der Waals surface area contributed by atoms with E-state index in [0.717, 1.165) is 18.5 Å². The maximum absolute atomic E-state index is 13.7. The molecule has 0 unspecified atom stereocenters. The van der Waals surface area contributed by atoms with Crippen molar-refractivity contribution in [3.8, 4) is 11.8 Å². The minimum absolute atomic E-state index is 0.305. The Kier molecular flexibility index (Phi) is 6.82. The fraction of sp³-hybridized carbons (Fsp3) is 0.500. The van der Waals surface area contributed by atoms with Crippen molar-refractivity contribution in [1.82, 2.24) is 5.32 Å². The van der Waals surface area contributed by atoms with Crippen LogP contribution < -0.4 is 10.1 Å². The summed E-state index contributed by atoms with van der Waals surface area (Å²) in [5.41, 5.74) is 0.820. The first-order chi connectivity index (χ1) is 8.79. The van der Waals surface area contributed by atoms with Crippen molar-refractivity contribution >= 4 is 0 Å². The molecule has 0 radical (unpaired) electrons. The molecule has 0 amide bonds. The van der Waals surface area contributed by atoms with E-state index in [1.807, 2.05) is 12.1 Å². The summed E-state index contributed by atoms with van der Waals surface area (Å²) in [5.74, 6) is -0.0400. The van der Waals surface area contributed by atoms with Gasteiger partial charge in [-0.1, -0.05) is 19.1 Å². The number of unbranched alkanes of at least 4 members (excludes halogenated alkanes) is 1. The van der Waals surface area contributed by atoms with Gasteiger partial charge in [-0.3, -0.25) is 0 Å². The summed E-state index contributed by atoms with van der Waals surface area (Å²) in [6, 6.07) is 6.96. The van der Waals surface area contributed by atoms with Gasteiger partial charge < -0.3 is 10.1 Å². The molecule has 1 aromatic rings. The van der Waals surface area contributed by atoms with Crippen LogP contribution in [0.25, 0.3) is 0 Å². The lowest BCUT2D eigenvalue weighted by molar-refractivity contribution is 0.293. The fourth-order valence-electron chi connectivity index (χ4n) is 1.58. The number of hydrogen-bond acceptors (Lipinski definition) is 3. The van der Waals surface area contributed by atoms with Gasteiger partial charge in [-0.15, -0.1) is 0 Å². The van der Waals surface area contributed by atoms with Crippen LogP contribution in [-0.4, -0.2) is 13.2 Å². The SMILES string of the molecule is CCCNCc1cccc(F)c1OCCCC#N. The fourth-order valence-corrected chi connectivity index (χ4v) is 1.58. The number of hydrogen-bond donors (Lipinski definition) is 1. The molecule has 1 N–H and O–H groups in total. The maximum Gasteiger partial charge on any atom is 0.165 e. The quantitative estimate of drug-likeness (QED) is 0.721. The molecule has 0 aromatic heterocycles. The lowest BCUT2D eigenvalue weighted by Gasteiger charge is -2.12. The highest BCUT2D eigenvalue weighted by Gasteiger charge is 2.09. The molecule has 3 nitrogen and oxygen atoms in total. The van der Waals surface area contributed by atoms with E-state index in [2.05, 4.69) is 12.2 Å². The van der Waals surface area contributed by atoms with Crippen LogP contribution in [-0.2, 0) is 6.54 Å². The minimum Gasteiger partial charge on any atom is -0.490 e. The number of ether oxygens (including phenoxy) is 1. The summed E-state index contributed by atoms with van der Waals surface area (Å²) in [6.07, 6.45) is 2.08. The molecule has 0 atom stereocenters. The first kappa shape index (κ1) is 14.5. The number of rotatable bonds is 8. The van der Waals surface area contributed by atoms with Crippen molar-refractivity contribution in [2.75, 3.05) is 13.2 Å². The summed E-state index contributed by atoms with van der Waals surface area (Å²) in [6.45, 7) is 3.94. The highest BCUT2D eigenvalue weighted by atomic mass is 19.1. The Morgan fingerprint density at radius 1 is 1.44 bits per heavy atom. The van der Waals surface area contributed by atoms with E-state index in [-0.39, 0.29) is 5.82 Å². The molecule has 4 heteroatoms. The number of nitriles is 1. The monoisotopic (exact) mass is 250 g/mol. The lowest BCUT2D eigenvalue weighted by atomic mass is 10.2. The van der Waals surface area contributed by atoms with Crippen molar-refractivity contribution in [2.24, 2.45) is 0 Å². The molecule has 98 valence electrons. The highest BCUT2D eigenvalue weighted by molar-refractivity contribution is 5.34. The number of halogens is 1. The van der Waals surface area contributed by atoms with E-state index >= 15 is 0 Å². The van der Waals surface area contributed by atoms with Crippen LogP contribution in [0.4, 0.5) is 4.39 Å². The summed E-state index contributed by atoms with van der Waals surface area (Å²) in [7, 11) is 0. The molecule has 0 aliphatic rings. The molecule has 0 heterocycles. The van der Waals surface area contributed by atoms with Crippen molar-refractivity contribution in [3.05, 3.63) is 29.6 Å². The Morgan fingerprint density at radius 3 is 3.00 bits per heavy atom. The molecule has 0 fully saturated rings. The van der Waals surface area contributed by atoms with Crippen LogP contribution in [0.2, 0.25) is 0 Å². The zero-order chi connectivity index (χ0) is 13.2. The van der Waals surface area contributed by atoms with E-state index in [1.54, 1.807) is 6.07 Å². The van der Waals surface area contributed by atoms with E-state index < -0.39 is 0 Å². The predicted molar refractivity (Wildman–Crippen MR) is 68.7 cm³/mol. The molecular formula is C14H19FN2O. The second-order valence-electron chi connectivity index (χ2n) is 4.01. The van der Waals surface area contributed by atoms with Gasteiger partial charge in [0, 0.05) is 18.5 Å². The van der Waals surface area contributed by atoms with Gasteiger partial charge in [0.25, 0.3) is 0 Å². The molecular weight excluding hydrogens is 231 g/mol. The number of benzene rings is 1. The predicted octanol–water partition coefficient (Wildman–Crippen LogP) is 3.01. The highest BCUT2D eigenvalue weighted by Crippen LogP contribution is 2.22. The van der Waals surface area contributed by atoms with Crippen molar-refractivity contribution in [3.63, 3.8) is 0 Å². The topological polar surface area (TPSA) is 45.0 Å². The van der Waals surface area contributed by atoms with Gasteiger partial charge >= 0.3 is 0 Å². The second kappa shape index (κ2) is 8.48.